The number of carbonyl (C=O) groups excluding carboxylic acids is 1. The number of hydrogen-bond donors (Lipinski definition) is 0. The van der Waals surface area contributed by atoms with Crippen LogP contribution in [0.3, 0.4) is 0 Å². The number of halogens is 1. The Kier molecular flexibility index (Phi) is 6.15. The van der Waals surface area contributed by atoms with E-state index >= 15 is 0 Å². The molecular weight excluding hydrogens is 348 g/mol. The maximum atomic E-state index is 13.0. The summed E-state index contributed by atoms with van der Waals surface area (Å²) in [4.78, 5) is 14.8. The minimum atomic E-state index is -3.61. The standard InChI is InChI=1S/C17H25ClN2O3S/c1-4-16(17(21)19-10-8-13(2)9-11-19)20(24(3,22)23)15-7-5-6-14(18)12-15/h5-7,12-13,16H,4,8-11H2,1-3H3. The van der Waals surface area contributed by atoms with Crippen LogP contribution in [0, 0.1) is 5.92 Å². The highest BCUT2D eigenvalue weighted by Gasteiger charge is 2.35. The number of benzene rings is 1. The van der Waals surface area contributed by atoms with E-state index in [0.717, 1.165) is 19.1 Å². The smallest absolute Gasteiger partial charge is 0.246 e. The number of anilines is 1. The van der Waals surface area contributed by atoms with E-state index < -0.39 is 16.1 Å². The van der Waals surface area contributed by atoms with E-state index in [-0.39, 0.29) is 5.91 Å². The van der Waals surface area contributed by atoms with Crippen LogP contribution in [-0.2, 0) is 14.8 Å². The Morgan fingerprint density at radius 2 is 2.00 bits per heavy atom. The largest absolute Gasteiger partial charge is 0.341 e. The highest BCUT2D eigenvalue weighted by Crippen LogP contribution is 2.27. The normalized spacial score (nSPS) is 17.6. The van der Waals surface area contributed by atoms with Gasteiger partial charge < -0.3 is 4.90 Å². The van der Waals surface area contributed by atoms with Crippen molar-refractivity contribution in [2.75, 3.05) is 23.7 Å². The summed E-state index contributed by atoms with van der Waals surface area (Å²) in [6, 6.07) is 5.88. The summed E-state index contributed by atoms with van der Waals surface area (Å²) in [5, 5.41) is 0.440. The SMILES string of the molecule is CCC(C(=O)N1CCC(C)CC1)N(c1cccc(Cl)c1)S(C)(=O)=O. The second-order valence-corrected chi connectivity index (χ2v) is 8.77. The second-order valence-electron chi connectivity index (χ2n) is 6.47. The van der Waals surface area contributed by atoms with Crippen LogP contribution in [0.2, 0.25) is 5.02 Å². The third-order valence-corrected chi connectivity index (χ3v) is 5.89. The third-order valence-electron chi connectivity index (χ3n) is 4.47. The Balaban J connectivity index is 2.34. The van der Waals surface area contributed by atoms with E-state index in [1.165, 1.54) is 4.31 Å². The molecule has 0 aliphatic carbocycles. The molecule has 0 bridgehead atoms. The van der Waals surface area contributed by atoms with Crippen LogP contribution in [0.5, 0.6) is 0 Å². The fourth-order valence-corrected chi connectivity index (χ4v) is 4.48. The van der Waals surface area contributed by atoms with Crippen LogP contribution < -0.4 is 4.31 Å². The first-order valence-electron chi connectivity index (χ1n) is 8.27. The van der Waals surface area contributed by atoms with Crippen LogP contribution in [0.1, 0.15) is 33.1 Å². The van der Waals surface area contributed by atoms with Crippen LogP contribution in [0.4, 0.5) is 5.69 Å². The Bertz CT molecular complexity index is 685. The van der Waals surface area contributed by atoms with E-state index in [1.54, 1.807) is 29.2 Å². The molecule has 1 aliphatic heterocycles. The summed E-state index contributed by atoms with van der Waals surface area (Å²) in [6.07, 6.45) is 3.45. The zero-order valence-corrected chi connectivity index (χ0v) is 16.0. The number of nitrogens with zero attached hydrogens (tertiary/aromatic N) is 2. The third kappa shape index (κ3) is 4.42. The molecular formula is C17H25ClN2O3S. The molecule has 1 aromatic rings. The fraction of sp³-hybridized carbons (Fsp3) is 0.588. The molecule has 1 aromatic carbocycles. The molecule has 1 atom stereocenters. The van der Waals surface area contributed by atoms with Crippen LogP contribution >= 0.6 is 11.6 Å². The van der Waals surface area contributed by atoms with Crippen molar-refractivity contribution >= 4 is 33.2 Å². The first-order valence-corrected chi connectivity index (χ1v) is 10.5. The molecule has 134 valence electrons. The van der Waals surface area contributed by atoms with Gasteiger partial charge in [0, 0.05) is 18.1 Å². The van der Waals surface area contributed by atoms with Gasteiger partial charge in [-0.05, 0) is 43.4 Å². The van der Waals surface area contributed by atoms with Gasteiger partial charge >= 0.3 is 0 Å². The highest BCUT2D eigenvalue weighted by atomic mass is 35.5. The minimum Gasteiger partial charge on any atom is -0.341 e. The summed E-state index contributed by atoms with van der Waals surface area (Å²) in [7, 11) is -3.61. The Hall–Kier alpha value is -1.27. The van der Waals surface area contributed by atoms with Gasteiger partial charge in [-0.15, -0.1) is 0 Å². The molecule has 0 radical (unpaired) electrons. The van der Waals surface area contributed by atoms with E-state index in [2.05, 4.69) is 6.92 Å². The Labute approximate surface area is 149 Å². The van der Waals surface area contributed by atoms with Crippen molar-refractivity contribution < 1.29 is 13.2 Å². The van der Waals surface area contributed by atoms with Crippen molar-refractivity contribution in [3.63, 3.8) is 0 Å². The average molecular weight is 373 g/mol. The molecule has 1 unspecified atom stereocenters. The van der Waals surface area contributed by atoms with E-state index in [4.69, 9.17) is 11.6 Å². The number of piperidine rings is 1. The predicted octanol–water partition coefficient (Wildman–Crippen LogP) is 3.14. The van der Waals surface area contributed by atoms with Crippen molar-refractivity contribution in [2.24, 2.45) is 5.92 Å². The molecule has 5 nitrogen and oxygen atoms in total. The van der Waals surface area contributed by atoms with Gasteiger partial charge in [-0.1, -0.05) is 31.5 Å². The molecule has 1 fully saturated rings. The molecule has 0 aromatic heterocycles. The lowest BCUT2D eigenvalue weighted by atomic mass is 9.98. The maximum absolute atomic E-state index is 13.0. The predicted molar refractivity (Wildman–Crippen MR) is 97.8 cm³/mol. The first-order chi connectivity index (χ1) is 11.2. The second kappa shape index (κ2) is 7.74. The van der Waals surface area contributed by atoms with Gasteiger partial charge in [0.1, 0.15) is 6.04 Å². The number of amides is 1. The Morgan fingerprint density at radius 3 is 2.50 bits per heavy atom. The number of hydrogen-bond acceptors (Lipinski definition) is 3. The minimum absolute atomic E-state index is 0.130. The topological polar surface area (TPSA) is 57.7 Å². The quantitative estimate of drug-likeness (QED) is 0.797. The van der Waals surface area contributed by atoms with E-state index in [1.807, 2.05) is 6.92 Å². The Morgan fingerprint density at radius 1 is 1.38 bits per heavy atom. The molecule has 1 saturated heterocycles. The van der Waals surface area contributed by atoms with Gasteiger partial charge in [0.05, 0.1) is 11.9 Å². The van der Waals surface area contributed by atoms with Crippen LogP contribution in [0.25, 0.3) is 0 Å². The fourth-order valence-electron chi connectivity index (χ4n) is 3.10. The summed E-state index contributed by atoms with van der Waals surface area (Å²) < 4.78 is 26.0. The van der Waals surface area contributed by atoms with Gasteiger partial charge in [-0.25, -0.2) is 8.42 Å². The molecule has 1 aliphatic rings. The lowest BCUT2D eigenvalue weighted by Crippen LogP contribution is -2.52. The maximum Gasteiger partial charge on any atom is 0.246 e. The van der Waals surface area contributed by atoms with E-state index in [0.29, 0.717) is 36.1 Å². The lowest BCUT2D eigenvalue weighted by Gasteiger charge is -2.37. The number of rotatable bonds is 5. The molecule has 1 heterocycles. The molecule has 0 saturated carbocycles. The zero-order chi connectivity index (χ0) is 17.9. The highest BCUT2D eigenvalue weighted by molar-refractivity contribution is 7.92. The lowest BCUT2D eigenvalue weighted by molar-refractivity contribution is -0.133. The summed E-state index contributed by atoms with van der Waals surface area (Å²) >= 11 is 6.01. The van der Waals surface area contributed by atoms with Gasteiger partial charge in [0.15, 0.2) is 0 Å². The molecule has 2 rings (SSSR count). The first kappa shape index (κ1) is 19.1. The molecule has 24 heavy (non-hydrogen) atoms. The van der Waals surface area contributed by atoms with Gasteiger partial charge in [-0.3, -0.25) is 9.10 Å². The molecule has 1 amide bonds. The molecule has 7 heteroatoms. The van der Waals surface area contributed by atoms with Crippen molar-refractivity contribution in [2.45, 2.75) is 39.2 Å². The average Bonchev–Trinajstić information content (AvgIpc) is 2.51. The molecule has 0 spiro atoms. The van der Waals surface area contributed by atoms with Crippen LogP contribution in [0.15, 0.2) is 24.3 Å². The van der Waals surface area contributed by atoms with E-state index in [9.17, 15) is 13.2 Å². The number of sulfonamides is 1. The summed E-state index contributed by atoms with van der Waals surface area (Å²) in [6.45, 7) is 5.37. The van der Waals surface area contributed by atoms with Crippen molar-refractivity contribution in [1.82, 2.24) is 4.90 Å². The van der Waals surface area contributed by atoms with Gasteiger partial charge in [-0.2, -0.15) is 0 Å². The summed E-state index contributed by atoms with van der Waals surface area (Å²) in [5.41, 5.74) is 0.426. The number of likely N-dealkylation sites (tertiary alicyclic amines) is 1. The van der Waals surface area contributed by atoms with Gasteiger partial charge in [0.25, 0.3) is 0 Å². The van der Waals surface area contributed by atoms with Crippen molar-refractivity contribution in [3.8, 4) is 0 Å². The number of carbonyl (C=O) groups is 1. The zero-order valence-electron chi connectivity index (χ0n) is 14.4. The van der Waals surface area contributed by atoms with Crippen molar-refractivity contribution in [1.29, 1.82) is 0 Å². The summed E-state index contributed by atoms with van der Waals surface area (Å²) in [5.74, 6) is 0.475. The van der Waals surface area contributed by atoms with Crippen molar-refractivity contribution in [3.05, 3.63) is 29.3 Å². The van der Waals surface area contributed by atoms with Gasteiger partial charge in [0.2, 0.25) is 15.9 Å². The molecule has 0 N–H and O–H groups in total. The van der Waals surface area contributed by atoms with Crippen LogP contribution in [-0.4, -0.2) is 44.6 Å². The monoisotopic (exact) mass is 372 g/mol.